The first-order valence-electron chi connectivity index (χ1n) is 9.85. The number of pyridine rings is 1. The molecule has 3 aromatic rings. The number of hydrogen-bond donors (Lipinski definition) is 1. The van der Waals surface area contributed by atoms with Crippen LogP contribution in [0.3, 0.4) is 0 Å². The van der Waals surface area contributed by atoms with E-state index in [1.54, 1.807) is 13.3 Å². The van der Waals surface area contributed by atoms with E-state index in [-0.39, 0.29) is 11.7 Å². The molecule has 7 heteroatoms. The van der Waals surface area contributed by atoms with E-state index < -0.39 is 0 Å². The number of aromatic nitrogens is 1. The summed E-state index contributed by atoms with van der Waals surface area (Å²) in [5.41, 5.74) is 4.94. The lowest BCUT2D eigenvalue weighted by Crippen LogP contribution is -2.17. The lowest BCUT2D eigenvalue weighted by atomic mass is 10.2. The quantitative estimate of drug-likeness (QED) is 0.594. The number of aliphatic imine (C=N–C) groups is 2. The van der Waals surface area contributed by atoms with E-state index in [2.05, 4.69) is 10.3 Å². The van der Waals surface area contributed by atoms with Crippen LogP contribution in [0.25, 0.3) is 0 Å². The fraction of sp³-hybridized carbons (Fsp3) is 0.167. The molecule has 0 aliphatic carbocycles. The van der Waals surface area contributed by atoms with Gasteiger partial charge in [0, 0.05) is 12.6 Å². The number of methoxy groups -OCH3 is 1. The number of thioether (sulfide) groups is 1. The van der Waals surface area contributed by atoms with Gasteiger partial charge in [-0.05, 0) is 48.9 Å². The number of para-hydroxylation sites is 2. The highest BCUT2D eigenvalue weighted by Gasteiger charge is 2.17. The molecule has 0 unspecified atom stereocenters. The number of hydrogen-bond acceptors (Lipinski definition) is 6. The van der Waals surface area contributed by atoms with E-state index in [0.29, 0.717) is 17.9 Å². The van der Waals surface area contributed by atoms with Crippen LogP contribution in [0.2, 0.25) is 0 Å². The third-order valence-corrected chi connectivity index (χ3v) is 5.64. The minimum Gasteiger partial charge on any atom is -0.495 e. The monoisotopic (exact) mass is 430 g/mol. The Hall–Kier alpha value is -3.45. The highest BCUT2D eigenvalue weighted by Crippen LogP contribution is 2.33. The Morgan fingerprint density at radius 1 is 1.06 bits per heavy atom. The van der Waals surface area contributed by atoms with Crippen LogP contribution in [-0.2, 0) is 4.79 Å². The fourth-order valence-electron chi connectivity index (χ4n) is 3.17. The van der Waals surface area contributed by atoms with E-state index in [4.69, 9.17) is 14.7 Å². The Bertz CT molecular complexity index is 1160. The van der Waals surface area contributed by atoms with Crippen LogP contribution in [0.4, 0.5) is 17.1 Å². The van der Waals surface area contributed by atoms with Crippen LogP contribution in [0.15, 0.2) is 76.8 Å². The predicted molar refractivity (Wildman–Crippen MR) is 127 cm³/mol. The van der Waals surface area contributed by atoms with E-state index in [1.165, 1.54) is 11.8 Å². The molecular weight excluding hydrogens is 408 g/mol. The molecule has 0 bridgehead atoms. The van der Waals surface area contributed by atoms with Gasteiger partial charge in [0.25, 0.3) is 0 Å². The lowest BCUT2D eigenvalue weighted by molar-refractivity contribution is -0.113. The summed E-state index contributed by atoms with van der Waals surface area (Å²) in [6.07, 6.45) is 2.26. The predicted octanol–water partition coefficient (Wildman–Crippen LogP) is 5.33. The third-order valence-electron chi connectivity index (χ3n) is 4.66. The van der Waals surface area contributed by atoms with Gasteiger partial charge in [0.05, 0.1) is 46.4 Å². The maximum absolute atomic E-state index is 12.6. The van der Waals surface area contributed by atoms with Crippen molar-refractivity contribution < 1.29 is 9.53 Å². The molecule has 0 spiro atoms. The maximum atomic E-state index is 12.6. The summed E-state index contributed by atoms with van der Waals surface area (Å²) in [6.45, 7) is 1.97. The Morgan fingerprint density at radius 2 is 1.84 bits per heavy atom. The number of nitrogens with one attached hydrogen (secondary N) is 1. The number of aryl methyl sites for hydroxylation is 1. The Kier molecular flexibility index (Phi) is 6.43. The van der Waals surface area contributed by atoms with Crippen LogP contribution in [0.5, 0.6) is 5.75 Å². The van der Waals surface area contributed by atoms with Crippen molar-refractivity contribution in [3.8, 4) is 5.75 Å². The van der Waals surface area contributed by atoms with Crippen molar-refractivity contribution in [2.45, 2.75) is 13.3 Å². The highest BCUT2D eigenvalue weighted by atomic mass is 32.2. The van der Waals surface area contributed by atoms with Gasteiger partial charge in [0.1, 0.15) is 5.75 Å². The molecule has 0 saturated heterocycles. The zero-order valence-electron chi connectivity index (χ0n) is 17.3. The molecule has 156 valence electrons. The molecule has 1 aliphatic heterocycles. The van der Waals surface area contributed by atoms with Gasteiger partial charge in [-0.25, -0.2) is 9.98 Å². The first-order valence-corrected chi connectivity index (χ1v) is 10.8. The van der Waals surface area contributed by atoms with Gasteiger partial charge < -0.3 is 10.1 Å². The first-order chi connectivity index (χ1) is 15.1. The zero-order valence-corrected chi connectivity index (χ0v) is 18.1. The Balaban J connectivity index is 1.52. The van der Waals surface area contributed by atoms with E-state index in [1.807, 2.05) is 67.6 Å². The van der Waals surface area contributed by atoms with Gasteiger partial charge in [-0.15, -0.1) is 11.8 Å². The van der Waals surface area contributed by atoms with Crippen molar-refractivity contribution in [1.29, 1.82) is 0 Å². The smallest absolute Gasteiger partial charge is 0.234 e. The Morgan fingerprint density at radius 3 is 2.58 bits per heavy atom. The minimum atomic E-state index is -0.120. The lowest BCUT2D eigenvalue weighted by Gasteiger charge is -2.11. The molecule has 4 rings (SSSR count). The second-order valence-electron chi connectivity index (χ2n) is 6.99. The molecule has 31 heavy (non-hydrogen) atoms. The normalized spacial score (nSPS) is 12.8. The van der Waals surface area contributed by atoms with Crippen molar-refractivity contribution in [3.05, 3.63) is 78.1 Å². The van der Waals surface area contributed by atoms with Crippen molar-refractivity contribution in [3.63, 3.8) is 0 Å². The molecule has 0 fully saturated rings. The average Bonchev–Trinajstić information content (AvgIpc) is 2.98. The largest absolute Gasteiger partial charge is 0.495 e. The summed E-state index contributed by atoms with van der Waals surface area (Å²) in [5, 5.41) is 3.76. The van der Waals surface area contributed by atoms with Crippen molar-refractivity contribution in [2.24, 2.45) is 9.98 Å². The summed E-state index contributed by atoms with van der Waals surface area (Å²) in [4.78, 5) is 26.6. The second kappa shape index (κ2) is 9.57. The van der Waals surface area contributed by atoms with Crippen LogP contribution >= 0.6 is 11.8 Å². The molecule has 2 aromatic carbocycles. The van der Waals surface area contributed by atoms with Crippen LogP contribution in [0, 0.1) is 6.92 Å². The standard InChI is InChI=1S/C24H22N4O2S/c1-16-10-11-22(30-2)21(13-16)27-23(29)15-31-24-14-20(17-7-5-6-12-25-17)26-18-8-3-4-9-19(18)28-24/h3-13H,14-15H2,1-2H3,(H,27,29). The van der Waals surface area contributed by atoms with Gasteiger partial charge in [-0.1, -0.05) is 24.3 Å². The Labute approximate surface area is 185 Å². The first kappa shape index (κ1) is 20.8. The zero-order chi connectivity index (χ0) is 21.6. The maximum Gasteiger partial charge on any atom is 0.234 e. The molecule has 1 amide bonds. The number of carbonyl (C=O) groups is 1. The highest BCUT2D eigenvalue weighted by molar-refractivity contribution is 8.14. The molecule has 1 aromatic heterocycles. The number of fused-ring (bicyclic) bond motifs is 1. The van der Waals surface area contributed by atoms with Crippen LogP contribution in [-0.4, -0.2) is 34.5 Å². The third kappa shape index (κ3) is 5.19. The summed E-state index contributed by atoms with van der Waals surface area (Å²) < 4.78 is 5.35. The van der Waals surface area contributed by atoms with E-state index >= 15 is 0 Å². The molecule has 2 heterocycles. The number of ether oxygens (including phenoxy) is 1. The number of anilines is 1. The number of carbonyl (C=O) groups excluding carboxylic acids is 1. The van der Waals surface area contributed by atoms with Crippen molar-refractivity contribution >= 4 is 45.5 Å². The second-order valence-corrected chi connectivity index (χ2v) is 8.03. The van der Waals surface area contributed by atoms with Crippen molar-refractivity contribution in [2.75, 3.05) is 18.2 Å². The SMILES string of the molecule is COc1ccc(C)cc1NC(=O)CSC1=Nc2ccccc2N=C(c2ccccn2)C1. The number of amides is 1. The molecule has 6 nitrogen and oxygen atoms in total. The van der Waals surface area contributed by atoms with Gasteiger partial charge >= 0.3 is 0 Å². The average molecular weight is 431 g/mol. The minimum absolute atomic E-state index is 0.120. The van der Waals surface area contributed by atoms with Gasteiger partial charge in [-0.3, -0.25) is 9.78 Å². The topological polar surface area (TPSA) is 75.9 Å². The number of rotatable bonds is 5. The van der Waals surface area contributed by atoms with E-state index in [9.17, 15) is 4.79 Å². The molecule has 1 aliphatic rings. The molecule has 0 radical (unpaired) electrons. The van der Waals surface area contributed by atoms with Gasteiger partial charge in [0.2, 0.25) is 5.91 Å². The summed E-state index contributed by atoms with van der Waals surface area (Å²) in [5.74, 6) is 0.743. The van der Waals surface area contributed by atoms with Crippen LogP contribution < -0.4 is 10.1 Å². The van der Waals surface area contributed by atoms with E-state index in [0.717, 1.165) is 33.4 Å². The van der Waals surface area contributed by atoms with Gasteiger partial charge in [-0.2, -0.15) is 0 Å². The summed E-state index contributed by atoms with van der Waals surface area (Å²) >= 11 is 1.41. The summed E-state index contributed by atoms with van der Waals surface area (Å²) in [7, 11) is 1.59. The molecular formula is C24H22N4O2S. The number of benzene rings is 2. The molecule has 1 N–H and O–H groups in total. The van der Waals surface area contributed by atoms with Crippen molar-refractivity contribution in [1.82, 2.24) is 4.98 Å². The fourth-order valence-corrected chi connectivity index (χ4v) is 3.95. The molecule has 0 atom stereocenters. The molecule has 0 saturated carbocycles. The number of nitrogens with zero attached hydrogens (tertiary/aromatic N) is 3. The van der Waals surface area contributed by atoms with Gasteiger partial charge in [0.15, 0.2) is 0 Å². The summed E-state index contributed by atoms with van der Waals surface area (Å²) in [6, 6.07) is 19.2. The van der Waals surface area contributed by atoms with Crippen LogP contribution in [0.1, 0.15) is 17.7 Å².